The molecule has 0 saturated carbocycles. The van der Waals surface area contributed by atoms with E-state index in [2.05, 4.69) is 14.5 Å². The Kier molecular flexibility index (Phi) is 2.38. The number of aliphatic carboxylic acids is 1. The van der Waals surface area contributed by atoms with Crippen LogP contribution in [0.25, 0.3) is 0 Å². The molecule has 0 aliphatic rings. The van der Waals surface area contributed by atoms with Gasteiger partial charge < -0.3 is 5.11 Å². The summed E-state index contributed by atoms with van der Waals surface area (Å²) in [4.78, 5) is 10.2. The Balaban J connectivity index is 3.91. The summed E-state index contributed by atoms with van der Waals surface area (Å²) >= 11 is 0. The van der Waals surface area contributed by atoms with Crippen LogP contribution < -0.4 is 5.09 Å². The number of carbonyl (C=O) groups is 1. The van der Waals surface area contributed by atoms with Gasteiger partial charge in [-0.3, -0.25) is 9.88 Å². The molecule has 0 fully saturated rings. The van der Waals surface area contributed by atoms with Crippen molar-refractivity contribution >= 4 is 15.4 Å². The van der Waals surface area contributed by atoms with Crippen molar-refractivity contribution in [3.8, 4) is 0 Å². The Labute approximate surface area is 50.7 Å². The van der Waals surface area contributed by atoms with Gasteiger partial charge in [0.1, 0.15) is 5.54 Å². The van der Waals surface area contributed by atoms with E-state index in [9.17, 15) is 4.79 Å². The minimum Gasteiger partial charge on any atom is -0.480 e. The zero-order valence-electron chi connectivity index (χ0n) is 4.93. The Morgan fingerprint density at radius 1 is 1.75 bits per heavy atom. The summed E-state index contributed by atoms with van der Waals surface area (Å²) in [5.74, 6) is -0.854. The van der Waals surface area contributed by atoms with Crippen LogP contribution in [0.2, 0.25) is 0 Å². The molecule has 0 heterocycles. The molecule has 0 aliphatic heterocycles. The SMILES string of the molecule is CC(C)(NP)C(=O)O. The van der Waals surface area contributed by atoms with E-state index in [1.165, 1.54) is 0 Å². The van der Waals surface area contributed by atoms with Crippen LogP contribution in [0.3, 0.4) is 0 Å². The number of carboxylic acid groups (broad SMARTS) is 1. The summed E-state index contributed by atoms with van der Waals surface area (Å²) in [5.41, 5.74) is -0.829. The summed E-state index contributed by atoms with van der Waals surface area (Å²) in [5, 5.41) is 10.9. The highest BCUT2D eigenvalue weighted by atomic mass is 31.0. The van der Waals surface area contributed by atoms with E-state index >= 15 is 0 Å². The molecule has 0 aromatic rings. The largest absolute Gasteiger partial charge is 0.480 e. The van der Waals surface area contributed by atoms with Crippen molar-refractivity contribution in [2.24, 2.45) is 0 Å². The molecule has 1 unspecified atom stereocenters. The maximum absolute atomic E-state index is 10.2. The maximum atomic E-state index is 10.2. The van der Waals surface area contributed by atoms with Gasteiger partial charge in [-0.05, 0) is 13.8 Å². The van der Waals surface area contributed by atoms with Gasteiger partial charge in [0.2, 0.25) is 0 Å². The van der Waals surface area contributed by atoms with Crippen LogP contribution in [-0.2, 0) is 4.79 Å². The van der Waals surface area contributed by atoms with Crippen LogP contribution in [-0.4, -0.2) is 16.6 Å². The summed E-state index contributed by atoms with van der Waals surface area (Å²) in [6, 6.07) is 0. The van der Waals surface area contributed by atoms with E-state index in [4.69, 9.17) is 5.11 Å². The van der Waals surface area contributed by atoms with Crippen LogP contribution in [0.5, 0.6) is 0 Å². The third-order valence-electron chi connectivity index (χ3n) is 0.896. The fourth-order valence-corrected chi connectivity index (χ4v) is 0.185. The predicted octanol–water partition coefficient (Wildman–Crippen LogP) is 0.229. The number of rotatable bonds is 2. The Morgan fingerprint density at radius 3 is 2.12 bits per heavy atom. The standard InChI is InChI=1S/C4H10NO2P/c1-4(2,5-8)3(6)7/h5H,8H2,1-2H3,(H,6,7). The summed E-state index contributed by atoms with van der Waals surface area (Å²) < 4.78 is 0. The van der Waals surface area contributed by atoms with E-state index in [0.29, 0.717) is 0 Å². The first-order valence-electron chi connectivity index (χ1n) is 2.22. The van der Waals surface area contributed by atoms with E-state index in [-0.39, 0.29) is 0 Å². The van der Waals surface area contributed by atoms with E-state index in [1.54, 1.807) is 13.8 Å². The fraction of sp³-hybridized carbons (Fsp3) is 0.750. The first-order chi connectivity index (χ1) is 3.50. The quantitative estimate of drug-likeness (QED) is 0.533. The van der Waals surface area contributed by atoms with Crippen molar-refractivity contribution in [3.63, 3.8) is 0 Å². The second-order valence-corrected chi connectivity index (χ2v) is 2.36. The Morgan fingerprint density at radius 2 is 2.12 bits per heavy atom. The molecule has 0 aromatic carbocycles. The van der Waals surface area contributed by atoms with Crippen LogP contribution in [0.15, 0.2) is 0 Å². The molecule has 48 valence electrons. The highest BCUT2D eigenvalue weighted by molar-refractivity contribution is 7.13. The van der Waals surface area contributed by atoms with Crippen LogP contribution >= 0.6 is 9.39 Å². The topological polar surface area (TPSA) is 49.3 Å². The molecular formula is C4H10NO2P. The molecule has 2 N–H and O–H groups in total. The van der Waals surface area contributed by atoms with Crippen LogP contribution in [0.1, 0.15) is 13.8 Å². The van der Waals surface area contributed by atoms with Gasteiger partial charge in [-0.25, -0.2) is 0 Å². The van der Waals surface area contributed by atoms with Gasteiger partial charge in [-0.2, -0.15) is 0 Å². The van der Waals surface area contributed by atoms with Gasteiger partial charge in [0.15, 0.2) is 0 Å². The van der Waals surface area contributed by atoms with Gasteiger partial charge in [0.25, 0.3) is 0 Å². The average molecular weight is 135 g/mol. The molecule has 0 rings (SSSR count). The Hall–Kier alpha value is -0.140. The lowest BCUT2D eigenvalue weighted by atomic mass is 10.1. The molecule has 0 radical (unpaired) electrons. The number of hydrogen-bond donors (Lipinski definition) is 2. The molecule has 0 aromatic heterocycles. The number of nitrogens with one attached hydrogen (secondary N) is 1. The lowest BCUT2D eigenvalue weighted by Crippen LogP contribution is -2.40. The van der Waals surface area contributed by atoms with Crippen LogP contribution in [0.4, 0.5) is 0 Å². The average Bonchev–Trinajstić information content (AvgIpc) is 1.67. The minimum atomic E-state index is -0.854. The maximum Gasteiger partial charge on any atom is 0.323 e. The van der Waals surface area contributed by atoms with Crippen molar-refractivity contribution in [1.29, 1.82) is 0 Å². The summed E-state index contributed by atoms with van der Waals surface area (Å²) in [6.45, 7) is 3.17. The molecule has 0 bridgehead atoms. The van der Waals surface area contributed by atoms with Crippen molar-refractivity contribution in [1.82, 2.24) is 5.09 Å². The molecular weight excluding hydrogens is 125 g/mol. The lowest BCUT2D eigenvalue weighted by molar-refractivity contribution is -0.142. The monoisotopic (exact) mass is 135 g/mol. The summed E-state index contributed by atoms with van der Waals surface area (Å²) in [6.07, 6.45) is 0. The van der Waals surface area contributed by atoms with Gasteiger partial charge in [0.05, 0.1) is 0 Å². The van der Waals surface area contributed by atoms with Gasteiger partial charge in [0, 0.05) is 0 Å². The van der Waals surface area contributed by atoms with Crippen LogP contribution in [0, 0.1) is 0 Å². The number of carboxylic acids is 1. The van der Waals surface area contributed by atoms with Gasteiger partial charge >= 0.3 is 5.97 Å². The van der Waals surface area contributed by atoms with Gasteiger partial charge in [-0.1, -0.05) is 9.39 Å². The normalized spacial score (nSPS) is 11.4. The fourth-order valence-electron chi connectivity index (χ4n) is 0.0617. The molecule has 4 heteroatoms. The zero-order chi connectivity index (χ0) is 6.78. The van der Waals surface area contributed by atoms with Crippen molar-refractivity contribution < 1.29 is 9.90 Å². The second-order valence-electron chi connectivity index (χ2n) is 2.07. The minimum absolute atomic E-state index is 0.829. The summed E-state index contributed by atoms with van der Waals surface area (Å²) in [7, 11) is 2.16. The zero-order valence-corrected chi connectivity index (χ0v) is 6.09. The molecule has 0 saturated heterocycles. The molecule has 0 aliphatic carbocycles. The third-order valence-corrected chi connectivity index (χ3v) is 1.62. The molecule has 0 spiro atoms. The van der Waals surface area contributed by atoms with Crippen molar-refractivity contribution in [2.45, 2.75) is 19.4 Å². The highest BCUT2D eigenvalue weighted by Crippen LogP contribution is 2.02. The van der Waals surface area contributed by atoms with E-state index in [0.717, 1.165) is 0 Å². The second kappa shape index (κ2) is 2.42. The van der Waals surface area contributed by atoms with E-state index in [1.807, 2.05) is 0 Å². The van der Waals surface area contributed by atoms with Crippen molar-refractivity contribution in [3.05, 3.63) is 0 Å². The van der Waals surface area contributed by atoms with Crippen molar-refractivity contribution in [2.75, 3.05) is 0 Å². The van der Waals surface area contributed by atoms with E-state index < -0.39 is 11.5 Å². The molecule has 1 atom stereocenters. The lowest BCUT2D eigenvalue weighted by Gasteiger charge is -2.16. The van der Waals surface area contributed by atoms with Gasteiger partial charge in [-0.15, -0.1) is 0 Å². The molecule has 8 heavy (non-hydrogen) atoms. The molecule has 0 amide bonds. The first-order valence-corrected chi connectivity index (χ1v) is 2.79. The predicted molar refractivity (Wildman–Crippen MR) is 34.6 cm³/mol. The Bertz CT molecular complexity index is 102. The highest BCUT2D eigenvalue weighted by Gasteiger charge is 2.23. The third kappa shape index (κ3) is 1.76. The first kappa shape index (κ1) is 7.86. The smallest absolute Gasteiger partial charge is 0.323 e. The molecule has 3 nitrogen and oxygen atoms in total. The number of hydrogen-bond acceptors (Lipinski definition) is 2.